The van der Waals surface area contributed by atoms with Crippen molar-refractivity contribution in [3.05, 3.63) is 213 Å². The van der Waals surface area contributed by atoms with E-state index in [-0.39, 0.29) is 11.8 Å². The quantitative estimate of drug-likeness (QED) is 0.108. The van der Waals surface area contributed by atoms with Gasteiger partial charge in [0.2, 0.25) is 22.8 Å². The Bertz CT molecular complexity index is 3500. The molecule has 0 saturated heterocycles. The van der Waals surface area contributed by atoms with Crippen LogP contribution in [-0.2, 0) is 53.8 Å². The van der Waals surface area contributed by atoms with E-state index >= 15 is 0 Å². The van der Waals surface area contributed by atoms with Gasteiger partial charge in [0, 0.05) is 78.4 Å². The minimum Gasteiger partial charge on any atom is -0.201 e. The molecule has 0 radical (unpaired) electrons. The molecule has 0 aliphatic rings. The third-order valence-electron chi connectivity index (χ3n) is 13.6. The fourth-order valence-electron chi connectivity index (χ4n) is 9.82. The first kappa shape index (κ1) is 50.3. The van der Waals surface area contributed by atoms with Gasteiger partial charge in [0.05, 0.1) is 0 Å². The van der Waals surface area contributed by atoms with Crippen LogP contribution >= 0.6 is 0 Å². The molecule has 0 aliphatic heterocycles. The Morgan fingerprint density at radius 2 is 0.763 bits per heavy atom. The SMILES string of the molecule is Cc1cc(-c2ccccc2C)[n+](C)cc1CC(C)C.Cc1ccc(-c2ccc(CC(C)C)c[n+]2C)c(C)c1.[2H]C([2H])([2H])c1ccc(-c2ccc(C([2H])([2H])C(C)C)c[n+]2C)c(C)c1.[2H]C([2H])(c1c[n+](C)c(-c2ccccc2C)cc1C)C(C)C. The van der Waals surface area contributed by atoms with Crippen LogP contribution in [0.3, 0.4) is 0 Å². The first-order chi connectivity index (χ1) is 38.6. The number of nitrogens with zero attached hydrogens (tertiary/aromatic N) is 4. The molecule has 0 bridgehead atoms. The number of rotatable bonds is 12. The Balaban J connectivity index is 0.000000204. The zero-order valence-corrected chi connectivity index (χ0v) is 49.9. The van der Waals surface area contributed by atoms with Crippen LogP contribution in [0.4, 0.5) is 0 Å². The molecule has 8 rings (SSSR count). The predicted octanol–water partition coefficient (Wildman–Crippen LogP) is 16.0. The Morgan fingerprint density at radius 1 is 0.355 bits per heavy atom. The van der Waals surface area contributed by atoms with Crippen LogP contribution in [0.25, 0.3) is 45.0 Å². The number of hydrogen-bond donors (Lipinski definition) is 0. The summed E-state index contributed by atoms with van der Waals surface area (Å²) in [7, 11) is 8.15. The van der Waals surface area contributed by atoms with Gasteiger partial charge in [-0.2, -0.15) is 0 Å². The average Bonchev–Trinajstić information content (AvgIpc) is 3.42. The third-order valence-corrected chi connectivity index (χ3v) is 13.6. The molecule has 0 N–H and O–H groups in total. The molecule has 0 aliphatic carbocycles. The van der Waals surface area contributed by atoms with Crippen LogP contribution < -0.4 is 18.3 Å². The molecule has 4 heteroatoms. The van der Waals surface area contributed by atoms with Crippen molar-refractivity contribution in [2.45, 2.75) is 136 Å². The number of benzene rings is 4. The Hall–Kier alpha value is -6.52. The molecule has 0 amide bonds. The summed E-state index contributed by atoms with van der Waals surface area (Å²) in [4.78, 5) is 0. The number of pyridine rings is 4. The molecule has 4 heterocycles. The van der Waals surface area contributed by atoms with Crippen molar-refractivity contribution in [1.82, 2.24) is 0 Å². The Morgan fingerprint density at radius 3 is 1.21 bits per heavy atom. The molecule has 0 spiro atoms. The summed E-state index contributed by atoms with van der Waals surface area (Å²) in [6.45, 7) is 29.3. The molecule has 0 unspecified atom stereocenters. The second-order valence-electron chi connectivity index (χ2n) is 22.6. The molecule has 8 aromatic rings. The lowest BCUT2D eigenvalue weighted by atomic mass is 9.97. The van der Waals surface area contributed by atoms with E-state index in [4.69, 9.17) is 9.60 Å². The van der Waals surface area contributed by atoms with Gasteiger partial charge >= 0.3 is 0 Å². The minimum absolute atomic E-state index is 0.0551. The minimum atomic E-state index is -2.11. The molecule has 76 heavy (non-hydrogen) atoms. The summed E-state index contributed by atoms with van der Waals surface area (Å²) < 4.78 is 64.1. The highest BCUT2D eigenvalue weighted by molar-refractivity contribution is 5.64. The molecule has 4 nitrogen and oxygen atoms in total. The maximum atomic E-state index is 8.33. The van der Waals surface area contributed by atoms with E-state index in [1.807, 2.05) is 107 Å². The second kappa shape index (κ2) is 28.0. The lowest BCUT2D eigenvalue weighted by molar-refractivity contribution is -0.661. The number of hydrogen-bond acceptors (Lipinski definition) is 0. The molecule has 0 saturated carbocycles. The van der Waals surface area contributed by atoms with E-state index in [0.29, 0.717) is 23.0 Å². The van der Waals surface area contributed by atoms with Crippen LogP contribution in [0.15, 0.2) is 146 Å². The van der Waals surface area contributed by atoms with Crippen molar-refractivity contribution in [3.8, 4) is 45.0 Å². The van der Waals surface area contributed by atoms with Gasteiger partial charge in [-0.3, -0.25) is 0 Å². The Kier molecular flexibility index (Phi) is 18.6. The van der Waals surface area contributed by atoms with Crippen molar-refractivity contribution in [3.63, 3.8) is 0 Å². The first-order valence-corrected chi connectivity index (χ1v) is 27.4. The van der Waals surface area contributed by atoms with Crippen LogP contribution in [-0.4, -0.2) is 0 Å². The van der Waals surface area contributed by atoms with Crippen LogP contribution in [0, 0.1) is 79.0 Å². The smallest absolute Gasteiger partial charge is 0.201 e. The van der Waals surface area contributed by atoms with Crippen molar-refractivity contribution in [2.24, 2.45) is 51.9 Å². The molecule has 0 fully saturated rings. The number of aryl methyl sites for hydroxylation is 12. The first-order valence-electron chi connectivity index (χ1n) is 30.9. The molecular formula is C72H96N4+4. The maximum Gasteiger partial charge on any atom is 0.212 e. The summed E-state index contributed by atoms with van der Waals surface area (Å²) in [6.07, 6.45) is 7.88. The summed E-state index contributed by atoms with van der Waals surface area (Å²) >= 11 is 0. The molecule has 4 aromatic heterocycles. The van der Waals surface area contributed by atoms with Crippen LogP contribution in [0.2, 0.25) is 0 Å². The number of aromatic nitrogens is 4. The van der Waals surface area contributed by atoms with E-state index < -0.39 is 19.6 Å². The van der Waals surface area contributed by atoms with E-state index in [2.05, 4.69) is 177 Å². The molecule has 0 atom stereocenters. The average molecular weight is 1020 g/mol. The van der Waals surface area contributed by atoms with Gasteiger partial charge in [-0.1, -0.05) is 127 Å². The summed E-state index contributed by atoms with van der Waals surface area (Å²) in [5, 5.41) is 0. The van der Waals surface area contributed by atoms with Crippen LogP contribution in [0.1, 0.15) is 132 Å². The second-order valence-corrected chi connectivity index (χ2v) is 22.6. The zero-order valence-electron chi connectivity index (χ0n) is 56.9. The fraction of sp³-hybridized carbons (Fsp3) is 0.389. The predicted molar refractivity (Wildman–Crippen MR) is 324 cm³/mol. The summed E-state index contributed by atoms with van der Waals surface area (Å²) in [5.74, 6) is 1.22. The van der Waals surface area contributed by atoms with Gasteiger partial charge < -0.3 is 0 Å². The molecular weight excluding hydrogens is 921 g/mol. The highest BCUT2D eigenvalue weighted by Crippen LogP contribution is 2.26. The normalized spacial score (nSPS) is 13.0. The van der Waals surface area contributed by atoms with Gasteiger partial charge in [-0.05, 0) is 174 Å². The van der Waals surface area contributed by atoms with Crippen molar-refractivity contribution < 1.29 is 27.9 Å². The highest BCUT2D eigenvalue weighted by Gasteiger charge is 2.19. The summed E-state index contributed by atoms with van der Waals surface area (Å²) in [6, 6.07) is 41.3. The van der Waals surface area contributed by atoms with Gasteiger partial charge in [0.25, 0.3) is 0 Å². The van der Waals surface area contributed by atoms with Gasteiger partial charge in [-0.15, -0.1) is 0 Å². The molecule has 4 aromatic carbocycles. The van der Waals surface area contributed by atoms with Crippen LogP contribution in [0.5, 0.6) is 0 Å². The third kappa shape index (κ3) is 17.3. The monoisotopic (exact) mass is 1020 g/mol. The topological polar surface area (TPSA) is 15.5 Å². The standard InChI is InChI=1S/4C18H24N/c2*1-13(2)10-16-7-9-18(19(5)12-16)17-8-6-14(3)11-15(17)4;2*1-13(2)10-16-12-19(5)18(11-15(16)4)17-9-7-6-8-14(17)3/h4*6-9,11-13H,10H2,1-5H3/q4*+1/i3D3,10D2;;10D2;. The van der Waals surface area contributed by atoms with Crippen molar-refractivity contribution in [1.29, 1.82) is 0 Å². The fourth-order valence-corrected chi connectivity index (χ4v) is 9.82. The highest BCUT2D eigenvalue weighted by atomic mass is 14.9. The van der Waals surface area contributed by atoms with E-state index in [9.17, 15) is 0 Å². The van der Waals surface area contributed by atoms with Crippen molar-refractivity contribution >= 4 is 0 Å². The Labute approximate surface area is 472 Å². The summed E-state index contributed by atoms with van der Waals surface area (Å²) in [5.41, 5.74) is 22.5. The van der Waals surface area contributed by atoms with Gasteiger partial charge in [-0.25, -0.2) is 18.3 Å². The van der Waals surface area contributed by atoms with Crippen molar-refractivity contribution in [2.75, 3.05) is 0 Å². The lowest BCUT2D eigenvalue weighted by Crippen LogP contribution is -2.32. The van der Waals surface area contributed by atoms with E-state index in [1.165, 1.54) is 67.0 Å². The van der Waals surface area contributed by atoms with E-state index in [1.54, 1.807) is 12.1 Å². The van der Waals surface area contributed by atoms with E-state index in [0.717, 1.165) is 46.5 Å². The zero-order chi connectivity index (χ0) is 62.1. The lowest BCUT2D eigenvalue weighted by Gasteiger charge is -2.10. The van der Waals surface area contributed by atoms with Gasteiger partial charge in [0.1, 0.15) is 28.2 Å². The molecule has 400 valence electrons. The largest absolute Gasteiger partial charge is 0.212 e. The maximum absolute atomic E-state index is 8.33. The van der Waals surface area contributed by atoms with Gasteiger partial charge in [0.15, 0.2) is 24.8 Å².